The van der Waals surface area contributed by atoms with Crippen LogP contribution in [0.15, 0.2) is 42.0 Å². The van der Waals surface area contributed by atoms with Crippen molar-refractivity contribution in [1.29, 1.82) is 0 Å². The average Bonchev–Trinajstić information content (AvgIpc) is 2.64. The van der Waals surface area contributed by atoms with Crippen LogP contribution in [0.5, 0.6) is 0 Å². The van der Waals surface area contributed by atoms with Gasteiger partial charge in [-0.25, -0.2) is 0 Å². The number of hydrogen-bond donors (Lipinski definition) is 3. The van der Waals surface area contributed by atoms with Gasteiger partial charge in [0.1, 0.15) is 12.1 Å². The van der Waals surface area contributed by atoms with Crippen molar-refractivity contribution >= 4 is 33.7 Å². The number of aliphatic carboxylic acids is 1. The first kappa shape index (κ1) is 21.0. The first-order valence-corrected chi connectivity index (χ1v) is 9.20. The molecule has 1 aromatic heterocycles. The third kappa shape index (κ3) is 5.87. The zero-order valence-corrected chi connectivity index (χ0v) is 15.5. The molecule has 0 aliphatic heterocycles. The van der Waals surface area contributed by atoms with Gasteiger partial charge >= 0.3 is 5.97 Å². The van der Waals surface area contributed by atoms with Crippen molar-refractivity contribution in [2.45, 2.75) is 18.2 Å². The molecule has 0 saturated heterocycles. The molecular weight excluding hydrogens is 394 g/mol. The summed E-state index contributed by atoms with van der Waals surface area (Å²) in [6.45, 7) is 4.41. The number of rotatable bonds is 10. The Morgan fingerprint density at radius 2 is 2.11 bits per heavy atom. The molecule has 150 valence electrons. The van der Waals surface area contributed by atoms with Crippen molar-refractivity contribution in [3.8, 4) is 0 Å². The fourth-order valence-electron chi connectivity index (χ4n) is 1.93. The molecular formula is C15H17N5O7S. The van der Waals surface area contributed by atoms with Crippen LogP contribution in [-0.4, -0.2) is 45.5 Å². The Hall–Kier alpha value is -3.29. The van der Waals surface area contributed by atoms with E-state index in [1.165, 1.54) is 24.3 Å². The van der Waals surface area contributed by atoms with Crippen LogP contribution in [0.2, 0.25) is 0 Å². The standard InChI is InChI=1S/C15H17N5O7S/c1-3-12-17-14(16-10-6-5-7-11(8-10)28(23,24)25)19-15(18-12)20(9-13(21)22)27-26-4-2/h4-8H,2-3,9H2,1H3,(H,21,22)(H,23,24,25)(H,16,17,18,19). The molecule has 2 rings (SSSR count). The number of hydroxylamine groups is 1. The topological polar surface area (TPSA) is 164 Å². The number of carboxylic acid groups (broad SMARTS) is 1. The van der Waals surface area contributed by atoms with E-state index in [1.807, 2.05) is 0 Å². The summed E-state index contributed by atoms with van der Waals surface area (Å²) in [6.07, 6.45) is 1.33. The number of aryl methyl sites for hydroxylation is 1. The van der Waals surface area contributed by atoms with E-state index in [-0.39, 0.29) is 22.5 Å². The Balaban J connectivity index is 2.38. The predicted molar refractivity (Wildman–Crippen MR) is 96.1 cm³/mol. The summed E-state index contributed by atoms with van der Waals surface area (Å²) in [4.78, 5) is 32.3. The maximum Gasteiger partial charge on any atom is 0.326 e. The Labute approximate surface area is 160 Å². The molecule has 3 N–H and O–H groups in total. The molecule has 0 fully saturated rings. The Bertz CT molecular complexity index is 967. The third-order valence-corrected chi connectivity index (χ3v) is 3.93. The number of carboxylic acids is 1. The lowest BCUT2D eigenvalue weighted by Gasteiger charge is -2.18. The first-order chi connectivity index (χ1) is 13.2. The molecule has 13 heteroatoms. The van der Waals surface area contributed by atoms with E-state index in [4.69, 9.17) is 14.6 Å². The number of benzene rings is 1. The number of aromatic nitrogens is 3. The zero-order chi connectivity index (χ0) is 20.7. The highest BCUT2D eigenvalue weighted by atomic mass is 32.2. The van der Waals surface area contributed by atoms with E-state index in [2.05, 4.69) is 31.7 Å². The summed E-state index contributed by atoms with van der Waals surface area (Å²) in [6, 6.07) is 5.32. The second-order valence-electron chi connectivity index (χ2n) is 5.12. The maximum absolute atomic E-state index is 11.3. The van der Waals surface area contributed by atoms with Crippen molar-refractivity contribution in [2.24, 2.45) is 0 Å². The number of hydrogen-bond acceptors (Lipinski definition) is 10. The second kappa shape index (κ2) is 9.07. The molecule has 12 nitrogen and oxygen atoms in total. The largest absolute Gasteiger partial charge is 0.480 e. The Morgan fingerprint density at radius 1 is 1.36 bits per heavy atom. The van der Waals surface area contributed by atoms with Crippen molar-refractivity contribution in [3.63, 3.8) is 0 Å². The molecule has 0 aliphatic rings. The molecule has 1 heterocycles. The lowest BCUT2D eigenvalue weighted by molar-refractivity contribution is -0.260. The molecule has 0 spiro atoms. The second-order valence-corrected chi connectivity index (χ2v) is 6.55. The summed E-state index contributed by atoms with van der Waals surface area (Å²) in [5, 5.41) is 12.5. The van der Waals surface area contributed by atoms with Crippen molar-refractivity contribution in [3.05, 3.63) is 42.9 Å². The Morgan fingerprint density at radius 3 is 2.71 bits per heavy atom. The molecule has 0 amide bonds. The van der Waals surface area contributed by atoms with Crippen LogP contribution in [0.1, 0.15) is 12.7 Å². The quantitative estimate of drug-likeness (QED) is 0.223. The molecule has 0 saturated carbocycles. The summed E-state index contributed by atoms with van der Waals surface area (Å²) in [5.74, 6) is -1.10. The summed E-state index contributed by atoms with van der Waals surface area (Å²) < 4.78 is 31.7. The normalized spacial score (nSPS) is 10.9. The van der Waals surface area contributed by atoms with Gasteiger partial charge in [0.25, 0.3) is 16.1 Å². The minimum Gasteiger partial charge on any atom is -0.480 e. The predicted octanol–water partition coefficient (Wildman–Crippen LogP) is 1.32. The fraction of sp³-hybridized carbons (Fsp3) is 0.200. The van der Waals surface area contributed by atoms with E-state index in [1.54, 1.807) is 6.92 Å². The molecule has 0 atom stereocenters. The summed E-state index contributed by atoms with van der Waals surface area (Å²) in [7, 11) is -4.39. The van der Waals surface area contributed by atoms with Gasteiger partial charge in [-0.2, -0.15) is 28.4 Å². The highest BCUT2D eigenvalue weighted by Crippen LogP contribution is 2.20. The van der Waals surface area contributed by atoms with Crippen molar-refractivity contribution in [2.75, 3.05) is 16.9 Å². The lowest BCUT2D eigenvalue weighted by Crippen LogP contribution is -2.31. The SMILES string of the molecule is C=COON(CC(=O)O)c1nc(CC)nc(Nc2cccc(S(=O)(=O)O)c2)n1. The van der Waals surface area contributed by atoms with E-state index in [0.717, 1.165) is 11.3 Å². The molecule has 0 unspecified atom stereocenters. The average molecular weight is 411 g/mol. The van der Waals surface area contributed by atoms with Gasteiger partial charge in [-0.05, 0) is 18.2 Å². The summed E-state index contributed by atoms with van der Waals surface area (Å²) in [5.41, 5.74) is 0.266. The number of nitrogens with one attached hydrogen (secondary N) is 1. The van der Waals surface area contributed by atoms with Gasteiger partial charge in [0.15, 0.2) is 6.54 Å². The van der Waals surface area contributed by atoms with Gasteiger partial charge in [-0.3, -0.25) is 9.35 Å². The van der Waals surface area contributed by atoms with E-state index < -0.39 is 22.6 Å². The van der Waals surface area contributed by atoms with Crippen LogP contribution in [0, 0.1) is 0 Å². The van der Waals surface area contributed by atoms with Gasteiger partial charge < -0.3 is 15.3 Å². The van der Waals surface area contributed by atoms with E-state index in [9.17, 15) is 13.2 Å². The van der Waals surface area contributed by atoms with Crippen LogP contribution >= 0.6 is 0 Å². The highest BCUT2D eigenvalue weighted by Gasteiger charge is 2.19. The fourth-order valence-corrected chi connectivity index (χ4v) is 2.46. The van der Waals surface area contributed by atoms with E-state index in [0.29, 0.717) is 12.2 Å². The summed E-state index contributed by atoms with van der Waals surface area (Å²) >= 11 is 0. The van der Waals surface area contributed by atoms with Gasteiger partial charge in [0, 0.05) is 12.1 Å². The van der Waals surface area contributed by atoms with Gasteiger partial charge in [-0.15, -0.1) is 0 Å². The van der Waals surface area contributed by atoms with Gasteiger partial charge in [0.2, 0.25) is 5.95 Å². The first-order valence-electron chi connectivity index (χ1n) is 7.76. The third-order valence-electron chi connectivity index (χ3n) is 3.08. The molecule has 0 aliphatic carbocycles. The monoisotopic (exact) mass is 411 g/mol. The van der Waals surface area contributed by atoms with Crippen molar-refractivity contribution < 1.29 is 32.7 Å². The van der Waals surface area contributed by atoms with Crippen LogP contribution in [-0.2, 0) is 31.2 Å². The molecule has 1 aromatic carbocycles. The minimum absolute atomic E-state index is 0.00747. The molecule has 2 aromatic rings. The Kier molecular flexibility index (Phi) is 6.81. The van der Waals surface area contributed by atoms with Crippen LogP contribution < -0.4 is 10.4 Å². The minimum atomic E-state index is -4.39. The smallest absolute Gasteiger partial charge is 0.326 e. The van der Waals surface area contributed by atoms with Gasteiger partial charge in [0.05, 0.1) is 4.90 Å². The van der Waals surface area contributed by atoms with Crippen LogP contribution in [0.4, 0.5) is 17.6 Å². The maximum atomic E-state index is 11.3. The van der Waals surface area contributed by atoms with Crippen LogP contribution in [0.25, 0.3) is 0 Å². The number of anilines is 3. The van der Waals surface area contributed by atoms with Crippen molar-refractivity contribution in [1.82, 2.24) is 15.0 Å². The number of carbonyl (C=O) groups is 1. The number of nitrogens with zero attached hydrogens (tertiary/aromatic N) is 4. The van der Waals surface area contributed by atoms with E-state index >= 15 is 0 Å². The van der Waals surface area contributed by atoms with Gasteiger partial charge in [-0.1, -0.05) is 24.6 Å². The highest BCUT2D eigenvalue weighted by molar-refractivity contribution is 7.85. The lowest BCUT2D eigenvalue weighted by atomic mass is 10.3. The molecule has 28 heavy (non-hydrogen) atoms. The zero-order valence-electron chi connectivity index (χ0n) is 14.6. The van der Waals surface area contributed by atoms with Crippen LogP contribution in [0.3, 0.4) is 0 Å². The molecule has 0 radical (unpaired) electrons. The molecule has 0 bridgehead atoms.